The molecule has 20 heavy (non-hydrogen) atoms. The maximum absolute atomic E-state index is 6.13. The lowest BCUT2D eigenvalue weighted by molar-refractivity contribution is -0.0828. The van der Waals surface area contributed by atoms with Crippen LogP contribution in [0.1, 0.15) is 38.5 Å². The summed E-state index contributed by atoms with van der Waals surface area (Å²) in [5.41, 5.74) is 0. The second kappa shape index (κ2) is 5.91. The molecule has 0 radical (unpaired) electrons. The molecule has 6 atom stereocenters. The van der Waals surface area contributed by atoms with E-state index in [1.54, 1.807) is 0 Å². The Morgan fingerprint density at radius 2 is 1.60 bits per heavy atom. The number of rotatable bonds is 6. The van der Waals surface area contributed by atoms with E-state index in [-0.39, 0.29) is 0 Å². The molecule has 0 amide bonds. The van der Waals surface area contributed by atoms with Crippen molar-refractivity contribution >= 4 is 0 Å². The summed E-state index contributed by atoms with van der Waals surface area (Å²) >= 11 is 0. The van der Waals surface area contributed by atoms with Gasteiger partial charge in [-0.2, -0.15) is 0 Å². The Morgan fingerprint density at radius 1 is 0.850 bits per heavy atom. The molecule has 2 aliphatic heterocycles. The van der Waals surface area contributed by atoms with E-state index in [0.717, 1.165) is 38.3 Å². The molecule has 0 aromatic carbocycles. The highest BCUT2D eigenvalue weighted by molar-refractivity contribution is 4.89. The molecule has 4 aliphatic rings. The molecule has 0 bridgehead atoms. The number of hydrogen-bond donors (Lipinski definition) is 0. The minimum absolute atomic E-state index is 0.397. The summed E-state index contributed by atoms with van der Waals surface area (Å²) in [5, 5.41) is 0. The molecule has 0 N–H and O–H groups in total. The summed E-state index contributed by atoms with van der Waals surface area (Å²) in [6.07, 6.45) is 9.37. The highest BCUT2D eigenvalue weighted by Gasteiger charge is 2.40. The second-order valence-electron chi connectivity index (χ2n) is 6.91. The summed E-state index contributed by atoms with van der Waals surface area (Å²) in [4.78, 5) is 0. The van der Waals surface area contributed by atoms with Gasteiger partial charge in [-0.15, -0.1) is 0 Å². The van der Waals surface area contributed by atoms with Gasteiger partial charge >= 0.3 is 0 Å². The van der Waals surface area contributed by atoms with E-state index in [9.17, 15) is 0 Å². The molecule has 4 nitrogen and oxygen atoms in total. The molecule has 4 rings (SSSR count). The molecule has 2 saturated heterocycles. The van der Waals surface area contributed by atoms with E-state index in [4.69, 9.17) is 18.9 Å². The van der Waals surface area contributed by atoms with Crippen LogP contribution in [0.25, 0.3) is 0 Å². The topological polar surface area (TPSA) is 43.5 Å². The van der Waals surface area contributed by atoms with Crippen LogP contribution in [0.15, 0.2) is 0 Å². The maximum Gasteiger partial charge on any atom is 0.104 e. The zero-order valence-corrected chi connectivity index (χ0v) is 12.2. The Bertz CT molecular complexity index is 326. The lowest BCUT2D eigenvalue weighted by Crippen LogP contribution is -2.41. The van der Waals surface area contributed by atoms with Gasteiger partial charge in [0.05, 0.1) is 38.6 Å². The van der Waals surface area contributed by atoms with Crippen molar-refractivity contribution in [3.63, 3.8) is 0 Å². The van der Waals surface area contributed by atoms with E-state index in [0.29, 0.717) is 24.4 Å². The standard InChI is InChI=1S/C16H26O4/c1-2-11-6-12(17-7-13-8-18-13)4-5-15(11)16(3-1)20-10-14-9-19-14/h11-16H,1-10H2. The Kier molecular flexibility index (Phi) is 3.99. The molecule has 4 heteroatoms. The molecule has 0 aromatic rings. The van der Waals surface area contributed by atoms with Crippen LogP contribution in [-0.4, -0.2) is 50.8 Å². The highest BCUT2D eigenvalue weighted by Crippen LogP contribution is 2.43. The average Bonchev–Trinajstić information content (AvgIpc) is 3.37. The third kappa shape index (κ3) is 3.35. The fraction of sp³-hybridized carbons (Fsp3) is 1.00. The fourth-order valence-electron chi connectivity index (χ4n) is 4.02. The minimum Gasteiger partial charge on any atom is -0.375 e. The predicted octanol–water partition coefficient (Wildman–Crippen LogP) is 2.15. The van der Waals surface area contributed by atoms with Crippen LogP contribution in [0, 0.1) is 11.8 Å². The zero-order valence-electron chi connectivity index (χ0n) is 12.2. The molecule has 2 saturated carbocycles. The van der Waals surface area contributed by atoms with Crippen LogP contribution in [0.5, 0.6) is 0 Å². The molecule has 114 valence electrons. The first kappa shape index (κ1) is 13.5. The first-order valence-corrected chi connectivity index (χ1v) is 8.35. The van der Waals surface area contributed by atoms with E-state index in [2.05, 4.69) is 0 Å². The van der Waals surface area contributed by atoms with Gasteiger partial charge in [0.2, 0.25) is 0 Å². The normalized spacial score (nSPS) is 46.8. The third-order valence-electron chi connectivity index (χ3n) is 5.35. The highest BCUT2D eigenvalue weighted by atomic mass is 16.6. The Labute approximate surface area is 121 Å². The van der Waals surface area contributed by atoms with Gasteiger partial charge in [0, 0.05) is 0 Å². The fourth-order valence-corrected chi connectivity index (χ4v) is 4.02. The molecule has 2 aliphatic carbocycles. The summed E-state index contributed by atoms with van der Waals surface area (Å²) in [6, 6.07) is 0. The Hall–Kier alpha value is -0.160. The van der Waals surface area contributed by atoms with Crippen molar-refractivity contribution in [1.29, 1.82) is 0 Å². The van der Waals surface area contributed by atoms with Crippen molar-refractivity contribution in [2.24, 2.45) is 11.8 Å². The SMILES string of the molecule is C1CC2CC(OCC3CO3)CCC2C(OCC2CO2)C1. The van der Waals surface area contributed by atoms with Crippen molar-refractivity contribution in [3.05, 3.63) is 0 Å². The van der Waals surface area contributed by atoms with E-state index in [1.807, 2.05) is 0 Å². The van der Waals surface area contributed by atoms with Gasteiger partial charge in [-0.25, -0.2) is 0 Å². The number of fused-ring (bicyclic) bond motifs is 1. The van der Waals surface area contributed by atoms with Crippen molar-refractivity contribution in [1.82, 2.24) is 0 Å². The molecule has 6 unspecified atom stereocenters. The number of ether oxygens (including phenoxy) is 4. The molecule has 0 spiro atoms. The summed E-state index contributed by atoms with van der Waals surface area (Å²) < 4.78 is 22.6. The smallest absolute Gasteiger partial charge is 0.104 e. The molecule has 0 aromatic heterocycles. The van der Waals surface area contributed by atoms with Crippen molar-refractivity contribution in [2.75, 3.05) is 26.4 Å². The second-order valence-corrected chi connectivity index (χ2v) is 6.91. The summed E-state index contributed by atoms with van der Waals surface area (Å²) in [6.45, 7) is 3.42. The summed E-state index contributed by atoms with van der Waals surface area (Å²) in [5.74, 6) is 1.58. The molecule has 4 fully saturated rings. The zero-order chi connectivity index (χ0) is 13.4. The van der Waals surface area contributed by atoms with Gasteiger partial charge in [-0.05, 0) is 43.9 Å². The largest absolute Gasteiger partial charge is 0.375 e. The van der Waals surface area contributed by atoms with Gasteiger partial charge in [-0.1, -0.05) is 6.42 Å². The van der Waals surface area contributed by atoms with Crippen molar-refractivity contribution in [2.45, 2.75) is 62.9 Å². The maximum atomic E-state index is 6.13. The van der Waals surface area contributed by atoms with E-state index in [1.165, 1.54) is 38.5 Å². The van der Waals surface area contributed by atoms with Gasteiger partial charge in [-0.3, -0.25) is 0 Å². The Morgan fingerprint density at radius 3 is 2.35 bits per heavy atom. The van der Waals surface area contributed by atoms with Crippen LogP contribution in [0.2, 0.25) is 0 Å². The van der Waals surface area contributed by atoms with Gasteiger partial charge in [0.1, 0.15) is 12.2 Å². The van der Waals surface area contributed by atoms with Crippen LogP contribution in [0.4, 0.5) is 0 Å². The van der Waals surface area contributed by atoms with Crippen molar-refractivity contribution in [3.8, 4) is 0 Å². The lowest BCUT2D eigenvalue weighted by atomic mass is 9.68. The quantitative estimate of drug-likeness (QED) is 0.700. The average molecular weight is 282 g/mol. The molecular formula is C16H26O4. The first-order chi connectivity index (χ1) is 9.88. The predicted molar refractivity (Wildman–Crippen MR) is 73.6 cm³/mol. The van der Waals surface area contributed by atoms with Gasteiger partial charge in [0.15, 0.2) is 0 Å². The van der Waals surface area contributed by atoms with E-state index < -0.39 is 0 Å². The van der Waals surface area contributed by atoms with Gasteiger partial charge in [0.25, 0.3) is 0 Å². The molecular weight excluding hydrogens is 256 g/mol. The van der Waals surface area contributed by atoms with Crippen molar-refractivity contribution < 1.29 is 18.9 Å². The third-order valence-corrected chi connectivity index (χ3v) is 5.35. The van der Waals surface area contributed by atoms with Crippen LogP contribution in [0.3, 0.4) is 0 Å². The van der Waals surface area contributed by atoms with Gasteiger partial charge < -0.3 is 18.9 Å². The minimum atomic E-state index is 0.397. The first-order valence-electron chi connectivity index (χ1n) is 8.35. The number of epoxide rings is 2. The van der Waals surface area contributed by atoms with E-state index >= 15 is 0 Å². The Balaban J connectivity index is 1.26. The monoisotopic (exact) mass is 282 g/mol. The number of hydrogen-bond acceptors (Lipinski definition) is 4. The van der Waals surface area contributed by atoms with Crippen LogP contribution >= 0.6 is 0 Å². The summed E-state index contributed by atoms with van der Waals surface area (Å²) in [7, 11) is 0. The van der Waals surface area contributed by atoms with Crippen LogP contribution < -0.4 is 0 Å². The lowest BCUT2D eigenvalue weighted by Gasteiger charge is -2.43. The molecule has 2 heterocycles. The van der Waals surface area contributed by atoms with Crippen LogP contribution in [-0.2, 0) is 18.9 Å².